The van der Waals surface area contributed by atoms with Gasteiger partial charge in [0, 0.05) is 45.1 Å². The maximum atomic E-state index is 12.2. The molecule has 0 bridgehead atoms. The van der Waals surface area contributed by atoms with E-state index in [1.807, 2.05) is 41.2 Å². The van der Waals surface area contributed by atoms with Crippen LogP contribution in [0.1, 0.15) is 18.4 Å². The first-order chi connectivity index (χ1) is 12.2. The topological polar surface area (TPSA) is 66.3 Å². The molecule has 2 aliphatic rings. The van der Waals surface area contributed by atoms with E-state index in [9.17, 15) is 4.79 Å². The van der Waals surface area contributed by atoms with Crippen molar-refractivity contribution in [3.05, 3.63) is 36.4 Å². The SMILES string of the molecule is Cc1cnn(-c2ccncc2N2CCN(C(=O)NCC3CC3)CC2)c1. The zero-order valence-electron chi connectivity index (χ0n) is 14.6. The van der Waals surface area contributed by atoms with E-state index in [1.54, 1.807) is 6.20 Å². The van der Waals surface area contributed by atoms with Gasteiger partial charge in [-0.15, -0.1) is 0 Å². The summed E-state index contributed by atoms with van der Waals surface area (Å²) in [4.78, 5) is 20.7. The molecule has 2 aromatic heterocycles. The van der Waals surface area contributed by atoms with Gasteiger partial charge in [0.15, 0.2) is 0 Å². The molecule has 25 heavy (non-hydrogen) atoms. The van der Waals surface area contributed by atoms with Crippen LogP contribution in [0.4, 0.5) is 10.5 Å². The van der Waals surface area contributed by atoms with Gasteiger partial charge in [-0.1, -0.05) is 0 Å². The van der Waals surface area contributed by atoms with Crippen molar-refractivity contribution < 1.29 is 4.79 Å². The summed E-state index contributed by atoms with van der Waals surface area (Å²) < 4.78 is 1.89. The number of rotatable bonds is 4. The van der Waals surface area contributed by atoms with Gasteiger partial charge in [-0.2, -0.15) is 5.10 Å². The van der Waals surface area contributed by atoms with Gasteiger partial charge >= 0.3 is 6.03 Å². The van der Waals surface area contributed by atoms with E-state index in [4.69, 9.17) is 0 Å². The first-order valence-corrected chi connectivity index (χ1v) is 8.94. The summed E-state index contributed by atoms with van der Waals surface area (Å²) in [5, 5.41) is 7.47. The number of pyridine rings is 1. The number of nitrogens with zero attached hydrogens (tertiary/aromatic N) is 5. The summed E-state index contributed by atoms with van der Waals surface area (Å²) >= 11 is 0. The Kier molecular flexibility index (Phi) is 4.29. The standard InChI is InChI=1S/C18H24N6O/c1-14-10-21-24(13-14)16-4-5-19-12-17(16)22-6-8-23(9-7-22)18(25)20-11-15-2-3-15/h4-5,10,12-13,15H,2-3,6-9,11H2,1H3,(H,20,25). The van der Waals surface area contributed by atoms with Crippen LogP contribution in [-0.4, -0.2) is 58.4 Å². The number of piperazine rings is 1. The van der Waals surface area contributed by atoms with Crippen LogP contribution < -0.4 is 10.2 Å². The van der Waals surface area contributed by atoms with Crippen LogP contribution in [0.5, 0.6) is 0 Å². The Morgan fingerprint density at radius 3 is 2.68 bits per heavy atom. The Balaban J connectivity index is 1.41. The van der Waals surface area contributed by atoms with Gasteiger partial charge in [-0.25, -0.2) is 9.48 Å². The fraction of sp³-hybridized carbons (Fsp3) is 0.500. The zero-order chi connectivity index (χ0) is 17.2. The van der Waals surface area contributed by atoms with Gasteiger partial charge in [0.05, 0.1) is 23.8 Å². The molecule has 7 nitrogen and oxygen atoms in total. The predicted molar refractivity (Wildman–Crippen MR) is 96.0 cm³/mol. The van der Waals surface area contributed by atoms with Gasteiger partial charge in [0.1, 0.15) is 0 Å². The fourth-order valence-electron chi connectivity index (χ4n) is 3.18. The van der Waals surface area contributed by atoms with E-state index in [0.29, 0.717) is 5.92 Å². The van der Waals surface area contributed by atoms with Gasteiger partial charge in [-0.3, -0.25) is 4.98 Å². The molecule has 0 spiro atoms. The lowest BCUT2D eigenvalue weighted by molar-refractivity contribution is 0.194. The average molecular weight is 340 g/mol. The lowest BCUT2D eigenvalue weighted by Gasteiger charge is -2.36. The number of amides is 2. The first-order valence-electron chi connectivity index (χ1n) is 8.94. The molecular weight excluding hydrogens is 316 g/mol. The second kappa shape index (κ2) is 6.74. The molecule has 4 rings (SSSR count). The van der Waals surface area contributed by atoms with Crippen molar-refractivity contribution in [2.45, 2.75) is 19.8 Å². The third kappa shape index (κ3) is 3.60. The second-order valence-electron chi connectivity index (χ2n) is 6.93. The maximum absolute atomic E-state index is 12.2. The highest BCUT2D eigenvalue weighted by Gasteiger charge is 2.26. The van der Waals surface area contributed by atoms with Gasteiger partial charge in [0.25, 0.3) is 0 Å². The summed E-state index contributed by atoms with van der Waals surface area (Å²) in [5.74, 6) is 0.709. The minimum atomic E-state index is 0.0701. The number of anilines is 1. The van der Waals surface area contributed by atoms with Crippen molar-refractivity contribution in [2.75, 3.05) is 37.6 Å². The second-order valence-corrected chi connectivity index (χ2v) is 6.93. The van der Waals surface area contributed by atoms with Gasteiger partial charge in [0.2, 0.25) is 0 Å². The molecule has 3 heterocycles. The molecular formula is C18H24N6O. The minimum absolute atomic E-state index is 0.0701. The van der Waals surface area contributed by atoms with Crippen LogP contribution in [0.25, 0.3) is 5.69 Å². The Morgan fingerprint density at radius 1 is 1.20 bits per heavy atom. The van der Waals surface area contributed by atoms with Crippen molar-refractivity contribution in [2.24, 2.45) is 5.92 Å². The molecule has 0 radical (unpaired) electrons. The summed E-state index contributed by atoms with van der Waals surface area (Å²) in [6, 6.07) is 2.05. The number of carbonyl (C=O) groups excluding carboxylic acids is 1. The normalized spacial score (nSPS) is 17.6. The molecule has 2 amide bonds. The summed E-state index contributed by atoms with van der Waals surface area (Å²) in [7, 11) is 0. The monoisotopic (exact) mass is 340 g/mol. The first kappa shape index (κ1) is 15.9. The van der Waals surface area contributed by atoms with E-state index in [0.717, 1.165) is 49.7 Å². The molecule has 0 atom stereocenters. The molecule has 0 aromatic carbocycles. The van der Waals surface area contributed by atoms with Crippen LogP contribution in [0.3, 0.4) is 0 Å². The number of hydrogen-bond acceptors (Lipinski definition) is 4. The lowest BCUT2D eigenvalue weighted by atomic mass is 10.2. The highest BCUT2D eigenvalue weighted by molar-refractivity contribution is 5.74. The molecule has 1 saturated carbocycles. The van der Waals surface area contributed by atoms with E-state index < -0.39 is 0 Å². The van der Waals surface area contributed by atoms with E-state index in [2.05, 4.69) is 20.3 Å². The Labute approximate surface area is 147 Å². The number of aryl methyl sites for hydroxylation is 1. The van der Waals surface area contributed by atoms with Crippen molar-refractivity contribution in [3.63, 3.8) is 0 Å². The third-order valence-corrected chi connectivity index (χ3v) is 4.88. The summed E-state index contributed by atoms with van der Waals surface area (Å²) in [5.41, 5.74) is 3.21. The Hall–Kier alpha value is -2.57. The van der Waals surface area contributed by atoms with E-state index in [-0.39, 0.29) is 6.03 Å². The van der Waals surface area contributed by atoms with Gasteiger partial charge < -0.3 is 15.1 Å². The Bertz CT molecular complexity index is 746. The lowest BCUT2D eigenvalue weighted by Crippen LogP contribution is -2.52. The van der Waals surface area contributed by atoms with E-state index in [1.165, 1.54) is 12.8 Å². The van der Waals surface area contributed by atoms with Crippen molar-refractivity contribution >= 4 is 11.7 Å². The number of carbonyl (C=O) groups is 1. The molecule has 1 aliphatic carbocycles. The summed E-state index contributed by atoms with van der Waals surface area (Å²) in [6.45, 7) is 5.91. The highest BCUT2D eigenvalue weighted by Crippen LogP contribution is 2.28. The molecule has 1 saturated heterocycles. The largest absolute Gasteiger partial charge is 0.365 e. The molecule has 132 valence electrons. The molecule has 0 unspecified atom stereocenters. The Morgan fingerprint density at radius 2 is 2.00 bits per heavy atom. The van der Waals surface area contributed by atoms with Crippen molar-refractivity contribution in [1.29, 1.82) is 0 Å². The van der Waals surface area contributed by atoms with Gasteiger partial charge in [-0.05, 0) is 37.3 Å². The predicted octanol–water partition coefficient (Wildman–Crippen LogP) is 1.82. The molecule has 1 aliphatic heterocycles. The van der Waals surface area contributed by atoms with Crippen molar-refractivity contribution in [3.8, 4) is 5.69 Å². The number of hydrogen-bond donors (Lipinski definition) is 1. The van der Waals surface area contributed by atoms with Crippen LogP contribution in [0.2, 0.25) is 0 Å². The van der Waals surface area contributed by atoms with Crippen molar-refractivity contribution in [1.82, 2.24) is 25.0 Å². The maximum Gasteiger partial charge on any atom is 0.317 e. The number of nitrogens with one attached hydrogen (secondary N) is 1. The molecule has 1 N–H and O–H groups in total. The molecule has 2 fully saturated rings. The van der Waals surface area contributed by atoms with Crippen LogP contribution in [0.15, 0.2) is 30.9 Å². The van der Waals surface area contributed by atoms with Crippen LogP contribution in [0, 0.1) is 12.8 Å². The minimum Gasteiger partial charge on any atom is -0.365 e. The highest BCUT2D eigenvalue weighted by atomic mass is 16.2. The summed E-state index contributed by atoms with van der Waals surface area (Å²) in [6.07, 6.45) is 10.1. The number of aromatic nitrogens is 3. The molecule has 7 heteroatoms. The number of urea groups is 1. The van der Waals surface area contributed by atoms with Crippen LogP contribution >= 0.6 is 0 Å². The smallest absolute Gasteiger partial charge is 0.317 e. The fourth-order valence-corrected chi connectivity index (χ4v) is 3.18. The van der Waals surface area contributed by atoms with Crippen LogP contribution in [-0.2, 0) is 0 Å². The quantitative estimate of drug-likeness (QED) is 0.922. The average Bonchev–Trinajstić information content (AvgIpc) is 3.39. The zero-order valence-corrected chi connectivity index (χ0v) is 14.6. The van der Waals surface area contributed by atoms with E-state index >= 15 is 0 Å². The molecule has 2 aromatic rings. The third-order valence-electron chi connectivity index (χ3n) is 4.88.